The molecule has 2 amide bonds. The fourth-order valence-electron chi connectivity index (χ4n) is 4.26. The molecule has 3 aromatic carbocycles. The van der Waals surface area contributed by atoms with E-state index in [1.165, 1.54) is 55.6 Å². The average molecular weight is 544 g/mol. The van der Waals surface area contributed by atoms with Gasteiger partial charge < -0.3 is 4.74 Å². The molecule has 0 aromatic heterocycles. The van der Waals surface area contributed by atoms with Crippen LogP contribution >= 0.6 is 0 Å². The molecule has 0 radical (unpaired) electrons. The summed E-state index contributed by atoms with van der Waals surface area (Å²) in [6, 6.07) is 17.3. The van der Waals surface area contributed by atoms with Gasteiger partial charge in [-0.05, 0) is 61.0 Å². The van der Waals surface area contributed by atoms with Crippen molar-refractivity contribution in [2.75, 3.05) is 12.0 Å². The second-order valence-electron chi connectivity index (χ2n) is 8.42. The zero-order valence-electron chi connectivity index (χ0n) is 20.0. The third kappa shape index (κ3) is 5.14. The van der Waals surface area contributed by atoms with Crippen molar-refractivity contribution >= 4 is 37.5 Å². The normalized spacial score (nSPS) is 17.3. The minimum Gasteiger partial charge on any atom is -0.497 e. The van der Waals surface area contributed by atoms with Gasteiger partial charge in [-0.15, -0.1) is 0 Å². The van der Waals surface area contributed by atoms with Crippen LogP contribution in [0.2, 0.25) is 0 Å². The second-order valence-corrected chi connectivity index (χ2v) is 11.8. The highest BCUT2D eigenvalue weighted by atomic mass is 32.2. The number of carbonyl (C=O) groups is 2. The van der Waals surface area contributed by atoms with Crippen molar-refractivity contribution in [1.29, 1.82) is 0 Å². The molecule has 3 aromatic rings. The van der Waals surface area contributed by atoms with Gasteiger partial charge in [0, 0.05) is 6.04 Å². The number of primary sulfonamides is 1. The third-order valence-corrected chi connectivity index (χ3v) is 9.07. The molecule has 10 nitrogen and oxygen atoms in total. The molecule has 12 heteroatoms. The van der Waals surface area contributed by atoms with Gasteiger partial charge in [-0.25, -0.2) is 26.9 Å². The van der Waals surface area contributed by atoms with E-state index >= 15 is 0 Å². The number of imide groups is 1. The monoisotopic (exact) mass is 543 g/mol. The van der Waals surface area contributed by atoms with Gasteiger partial charge >= 0.3 is 0 Å². The Bertz CT molecular complexity index is 1520. The molecule has 2 unspecified atom stereocenters. The van der Waals surface area contributed by atoms with Crippen LogP contribution in [0.15, 0.2) is 88.7 Å². The van der Waals surface area contributed by atoms with E-state index in [2.05, 4.69) is 0 Å². The molecule has 2 N–H and O–H groups in total. The standard InChI is InChI=1S/C25H25N3O7S2/c1-17(18-6-4-3-5-7-18)28(37(33,34)22-14-10-20(35-2)11-15-22)23-16-24(29)27(25(23)30)19-8-12-21(13-9-19)36(26,31)32/h3-15,17,23H,16H2,1-2H3,(H2,26,31,32). The maximum atomic E-state index is 13.9. The van der Waals surface area contributed by atoms with Crippen LogP contribution in [0.4, 0.5) is 5.69 Å². The molecule has 2 atom stereocenters. The van der Waals surface area contributed by atoms with Crippen LogP contribution in [-0.2, 0) is 29.6 Å². The molecule has 1 fully saturated rings. The minimum absolute atomic E-state index is 0.0627. The smallest absolute Gasteiger partial charge is 0.252 e. The first-order valence-electron chi connectivity index (χ1n) is 11.2. The highest BCUT2D eigenvalue weighted by molar-refractivity contribution is 7.89. The lowest BCUT2D eigenvalue weighted by molar-refractivity contribution is -0.122. The summed E-state index contributed by atoms with van der Waals surface area (Å²) in [5.41, 5.74) is 0.745. The Morgan fingerprint density at radius 1 is 0.892 bits per heavy atom. The lowest BCUT2D eigenvalue weighted by atomic mass is 10.1. The maximum Gasteiger partial charge on any atom is 0.252 e. The van der Waals surface area contributed by atoms with Crippen molar-refractivity contribution in [3.8, 4) is 5.75 Å². The van der Waals surface area contributed by atoms with Crippen molar-refractivity contribution in [3.63, 3.8) is 0 Å². The SMILES string of the molecule is COc1ccc(S(=O)(=O)N(C2CC(=O)N(c3ccc(S(N)(=O)=O)cc3)C2=O)C(C)c2ccccc2)cc1. The molecular weight excluding hydrogens is 518 g/mol. The largest absolute Gasteiger partial charge is 0.497 e. The van der Waals surface area contributed by atoms with E-state index in [1.807, 2.05) is 0 Å². The number of amides is 2. The molecule has 4 rings (SSSR count). The fourth-order valence-corrected chi connectivity index (χ4v) is 6.54. The third-order valence-electron chi connectivity index (χ3n) is 6.15. The number of rotatable bonds is 8. The number of methoxy groups -OCH3 is 1. The van der Waals surface area contributed by atoms with Crippen LogP contribution in [0, 0.1) is 0 Å². The number of ether oxygens (including phenoxy) is 1. The number of anilines is 1. The van der Waals surface area contributed by atoms with Crippen LogP contribution in [0.1, 0.15) is 24.9 Å². The van der Waals surface area contributed by atoms with Crippen molar-refractivity contribution < 1.29 is 31.2 Å². The first-order chi connectivity index (χ1) is 17.4. The number of nitrogens with zero attached hydrogens (tertiary/aromatic N) is 2. The summed E-state index contributed by atoms with van der Waals surface area (Å²) in [6.07, 6.45) is -0.387. The molecule has 0 aliphatic carbocycles. The summed E-state index contributed by atoms with van der Waals surface area (Å²) in [7, 11) is -6.78. The molecular formula is C25H25N3O7S2. The highest BCUT2D eigenvalue weighted by Gasteiger charge is 2.49. The van der Waals surface area contributed by atoms with E-state index in [0.29, 0.717) is 11.3 Å². The lowest BCUT2D eigenvalue weighted by Gasteiger charge is -2.32. The quantitative estimate of drug-likeness (QED) is 0.430. The first kappa shape index (κ1) is 26.5. The van der Waals surface area contributed by atoms with Gasteiger partial charge in [0.05, 0.1) is 29.0 Å². The summed E-state index contributed by atoms with van der Waals surface area (Å²) in [5, 5.41) is 5.13. The summed E-state index contributed by atoms with van der Waals surface area (Å²) in [4.78, 5) is 27.2. The van der Waals surface area contributed by atoms with Crippen LogP contribution in [0.3, 0.4) is 0 Å². The van der Waals surface area contributed by atoms with Crippen LogP contribution in [0.25, 0.3) is 0 Å². The minimum atomic E-state index is -4.26. The molecule has 37 heavy (non-hydrogen) atoms. The molecule has 1 aliphatic rings. The number of benzene rings is 3. The van der Waals surface area contributed by atoms with Crippen molar-refractivity contribution in [3.05, 3.63) is 84.4 Å². The molecule has 1 aliphatic heterocycles. The molecule has 194 valence electrons. The molecule has 0 bridgehead atoms. The Morgan fingerprint density at radius 3 is 2.00 bits per heavy atom. The maximum absolute atomic E-state index is 13.9. The summed E-state index contributed by atoms with van der Waals surface area (Å²) in [6.45, 7) is 1.65. The first-order valence-corrected chi connectivity index (χ1v) is 14.2. The predicted molar refractivity (Wildman–Crippen MR) is 136 cm³/mol. The van der Waals surface area contributed by atoms with Gasteiger partial charge in [-0.3, -0.25) is 9.59 Å². The molecule has 1 heterocycles. The predicted octanol–water partition coefficient (Wildman–Crippen LogP) is 2.43. The van der Waals surface area contributed by atoms with Gasteiger partial charge in [0.2, 0.25) is 26.0 Å². The Hall–Kier alpha value is -3.58. The van der Waals surface area contributed by atoms with Crippen LogP contribution in [0.5, 0.6) is 5.75 Å². The number of hydrogen-bond acceptors (Lipinski definition) is 7. The van der Waals surface area contributed by atoms with E-state index < -0.39 is 43.9 Å². The molecule has 0 saturated carbocycles. The highest BCUT2D eigenvalue weighted by Crippen LogP contribution is 2.36. The number of sulfonamides is 2. The van der Waals surface area contributed by atoms with E-state index in [0.717, 1.165) is 9.21 Å². The molecule has 0 spiro atoms. The van der Waals surface area contributed by atoms with Crippen LogP contribution in [-0.4, -0.2) is 46.1 Å². The average Bonchev–Trinajstić information content (AvgIpc) is 3.17. The van der Waals surface area contributed by atoms with Gasteiger partial charge in [-0.2, -0.15) is 4.31 Å². The van der Waals surface area contributed by atoms with Gasteiger partial charge in [0.25, 0.3) is 5.91 Å². The Morgan fingerprint density at radius 2 is 1.46 bits per heavy atom. The van der Waals surface area contributed by atoms with Crippen molar-refractivity contribution in [2.45, 2.75) is 35.2 Å². The summed E-state index contributed by atoms with van der Waals surface area (Å²) in [5.74, 6) is -0.899. The van der Waals surface area contributed by atoms with Gasteiger partial charge in [-0.1, -0.05) is 30.3 Å². The Labute approximate surface area is 215 Å². The summed E-state index contributed by atoms with van der Waals surface area (Å²) >= 11 is 0. The van der Waals surface area contributed by atoms with E-state index in [-0.39, 0.29) is 21.9 Å². The fraction of sp³-hybridized carbons (Fsp3) is 0.200. The van der Waals surface area contributed by atoms with E-state index in [4.69, 9.17) is 9.88 Å². The lowest BCUT2D eigenvalue weighted by Crippen LogP contribution is -2.46. The number of nitrogens with two attached hydrogens (primary N) is 1. The molecule has 1 saturated heterocycles. The Kier molecular flexibility index (Phi) is 7.20. The zero-order chi connectivity index (χ0) is 27.0. The van der Waals surface area contributed by atoms with Crippen molar-refractivity contribution in [1.82, 2.24) is 4.31 Å². The topological polar surface area (TPSA) is 144 Å². The Balaban J connectivity index is 1.77. The van der Waals surface area contributed by atoms with E-state index in [1.54, 1.807) is 37.3 Å². The van der Waals surface area contributed by atoms with Gasteiger partial charge in [0.15, 0.2) is 0 Å². The van der Waals surface area contributed by atoms with Gasteiger partial charge in [0.1, 0.15) is 11.8 Å². The van der Waals surface area contributed by atoms with Crippen LogP contribution < -0.4 is 14.8 Å². The van der Waals surface area contributed by atoms with E-state index in [9.17, 15) is 26.4 Å². The number of hydrogen-bond donors (Lipinski definition) is 1. The second kappa shape index (κ2) is 10.1. The zero-order valence-corrected chi connectivity index (χ0v) is 21.6. The van der Waals surface area contributed by atoms with Crippen molar-refractivity contribution in [2.24, 2.45) is 5.14 Å². The number of carbonyl (C=O) groups excluding carboxylic acids is 2. The summed E-state index contributed by atoms with van der Waals surface area (Å²) < 4.78 is 57.2.